The van der Waals surface area contributed by atoms with Gasteiger partial charge < -0.3 is 15.0 Å². The summed E-state index contributed by atoms with van der Waals surface area (Å²) in [6.45, 7) is 3.03. The van der Waals surface area contributed by atoms with Gasteiger partial charge in [-0.1, -0.05) is 0 Å². The molecule has 1 saturated carbocycles. The number of fused-ring (bicyclic) bond motifs is 1. The average Bonchev–Trinajstić information content (AvgIpc) is 3.39. The number of hydrogen-bond acceptors (Lipinski definition) is 6. The molecule has 2 fully saturated rings. The SMILES string of the molecule is Cc1cn2cc(NC(=O)c3cnc(N4CCC(CNC5CC5)C4=O)cn3)cc(F)c2n1. The molecule has 0 spiro atoms. The molecule has 160 valence electrons. The minimum absolute atomic E-state index is 0.0269. The van der Waals surface area contributed by atoms with Gasteiger partial charge in [0, 0.05) is 37.6 Å². The normalized spacial score (nSPS) is 18.7. The van der Waals surface area contributed by atoms with Gasteiger partial charge in [0.2, 0.25) is 5.91 Å². The second-order valence-corrected chi connectivity index (χ2v) is 8.06. The first-order valence-corrected chi connectivity index (χ1v) is 10.3. The summed E-state index contributed by atoms with van der Waals surface area (Å²) < 4.78 is 15.7. The Kier molecular flexibility index (Phi) is 4.85. The van der Waals surface area contributed by atoms with E-state index >= 15 is 0 Å². The molecule has 0 bridgehead atoms. The molecular weight excluding hydrogens is 401 g/mol. The molecule has 0 radical (unpaired) electrons. The molecule has 31 heavy (non-hydrogen) atoms. The van der Waals surface area contributed by atoms with Crippen molar-refractivity contribution in [1.29, 1.82) is 0 Å². The number of nitrogens with zero attached hydrogens (tertiary/aromatic N) is 5. The lowest BCUT2D eigenvalue weighted by molar-refractivity contribution is -0.120. The predicted molar refractivity (Wildman–Crippen MR) is 111 cm³/mol. The number of aromatic nitrogens is 4. The molecule has 2 N–H and O–H groups in total. The fourth-order valence-corrected chi connectivity index (χ4v) is 3.77. The Hall–Kier alpha value is -3.40. The molecule has 2 aliphatic rings. The van der Waals surface area contributed by atoms with Crippen molar-refractivity contribution in [3.63, 3.8) is 0 Å². The maximum Gasteiger partial charge on any atom is 0.275 e. The van der Waals surface area contributed by atoms with E-state index < -0.39 is 11.7 Å². The number of carbonyl (C=O) groups excluding carboxylic acids is 2. The summed E-state index contributed by atoms with van der Waals surface area (Å²) >= 11 is 0. The lowest BCUT2D eigenvalue weighted by atomic mass is 10.1. The summed E-state index contributed by atoms with van der Waals surface area (Å²) in [5.74, 6) is -0.655. The molecule has 1 aliphatic heterocycles. The van der Waals surface area contributed by atoms with Crippen LogP contribution in [0.1, 0.15) is 35.4 Å². The van der Waals surface area contributed by atoms with E-state index in [-0.39, 0.29) is 28.9 Å². The maximum atomic E-state index is 14.2. The van der Waals surface area contributed by atoms with Crippen LogP contribution in [0.25, 0.3) is 5.65 Å². The minimum Gasteiger partial charge on any atom is -0.319 e. The van der Waals surface area contributed by atoms with Gasteiger partial charge in [-0.05, 0) is 26.2 Å². The van der Waals surface area contributed by atoms with Crippen LogP contribution in [-0.4, -0.2) is 50.3 Å². The Morgan fingerprint density at radius 1 is 1.23 bits per heavy atom. The summed E-state index contributed by atoms with van der Waals surface area (Å²) in [6, 6.07) is 1.77. The number of halogens is 1. The summed E-state index contributed by atoms with van der Waals surface area (Å²) in [6.07, 6.45) is 9.13. The van der Waals surface area contributed by atoms with Gasteiger partial charge in [0.05, 0.1) is 29.7 Å². The monoisotopic (exact) mass is 423 g/mol. The van der Waals surface area contributed by atoms with Crippen LogP contribution in [0.2, 0.25) is 0 Å². The first kappa shape index (κ1) is 19.6. The van der Waals surface area contributed by atoms with E-state index in [1.165, 1.54) is 35.7 Å². The van der Waals surface area contributed by atoms with Gasteiger partial charge >= 0.3 is 0 Å². The van der Waals surface area contributed by atoms with E-state index in [1.807, 2.05) is 0 Å². The molecule has 0 aromatic carbocycles. The highest BCUT2D eigenvalue weighted by molar-refractivity contribution is 6.03. The highest BCUT2D eigenvalue weighted by atomic mass is 19.1. The van der Waals surface area contributed by atoms with Crippen molar-refractivity contribution in [2.45, 2.75) is 32.2 Å². The van der Waals surface area contributed by atoms with Crippen molar-refractivity contribution in [3.8, 4) is 0 Å². The molecule has 4 heterocycles. The van der Waals surface area contributed by atoms with Gasteiger partial charge in [-0.3, -0.25) is 14.5 Å². The molecule has 3 aromatic heterocycles. The van der Waals surface area contributed by atoms with E-state index in [9.17, 15) is 14.0 Å². The average molecular weight is 423 g/mol. The van der Waals surface area contributed by atoms with Gasteiger partial charge in [-0.25, -0.2) is 19.3 Å². The molecule has 2 amide bonds. The molecule has 9 nitrogen and oxygen atoms in total. The number of pyridine rings is 1. The Morgan fingerprint density at radius 2 is 2.06 bits per heavy atom. The Bertz CT molecular complexity index is 1160. The van der Waals surface area contributed by atoms with Crippen molar-refractivity contribution in [1.82, 2.24) is 24.7 Å². The van der Waals surface area contributed by atoms with E-state index in [4.69, 9.17) is 0 Å². The second-order valence-electron chi connectivity index (χ2n) is 8.06. The number of rotatable bonds is 6. The first-order valence-electron chi connectivity index (χ1n) is 10.3. The van der Waals surface area contributed by atoms with Gasteiger partial charge in [0.1, 0.15) is 5.69 Å². The standard InChI is InChI=1S/C21H22FN7O2/c1-12-10-28-11-15(6-16(22)19(28)26-12)27-20(30)17-8-25-18(9-24-17)29-5-4-13(21(29)31)7-23-14-2-3-14/h6,8-11,13-14,23H,2-5,7H2,1H3,(H,27,30). The fraction of sp³-hybridized carbons (Fsp3) is 0.381. The number of amides is 2. The van der Waals surface area contributed by atoms with Crippen molar-refractivity contribution < 1.29 is 14.0 Å². The zero-order chi connectivity index (χ0) is 21.5. The highest BCUT2D eigenvalue weighted by Crippen LogP contribution is 2.25. The van der Waals surface area contributed by atoms with Crippen LogP contribution in [0, 0.1) is 18.7 Å². The third-order valence-electron chi connectivity index (χ3n) is 5.58. The lowest BCUT2D eigenvalue weighted by Crippen LogP contribution is -2.33. The molecule has 1 aliphatic carbocycles. The van der Waals surface area contributed by atoms with Crippen LogP contribution in [0.5, 0.6) is 0 Å². The van der Waals surface area contributed by atoms with Crippen LogP contribution in [-0.2, 0) is 4.79 Å². The van der Waals surface area contributed by atoms with Crippen molar-refractivity contribution in [3.05, 3.63) is 48.1 Å². The van der Waals surface area contributed by atoms with Gasteiger partial charge in [0.25, 0.3) is 5.91 Å². The topological polar surface area (TPSA) is 105 Å². The predicted octanol–water partition coefficient (Wildman–Crippen LogP) is 1.93. The van der Waals surface area contributed by atoms with E-state index in [0.717, 1.165) is 6.42 Å². The summed E-state index contributed by atoms with van der Waals surface area (Å²) in [4.78, 5) is 39.3. The minimum atomic E-state index is -0.536. The first-order chi connectivity index (χ1) is 15.0. The maximum absolute atomic E-state index is 14.2. The van der Waals surface area contributed by atoms with Crippen LogP contribution in [0.3, 0.4) is 0 Å². The molecule has 3 aromatic rings. The number of imidazole rings is 1. The van der Waals surface area contributed by atoms with Crippen LogP contribution >= 0.6 is 0 Å². The van der Waals surface area contributed by atoms with Crippen molar-refractivity contribution in [2.75, 3.05) is 23.3 Å². The number of anilines is 2. The Balaban J connectivity index is 1.25. The molecule has 10 heteroatoms. The largest absolute Gasteiger partial charge is 0.319 e. The number of aryl methyl sites for hydroxylation is 1. The van der Waals surface area contributed by atoms with Crippen LogP contribution in [0.15, 0.2) is 30.9 Å². The third-order valence-corrected chi connectivity index (χ3v) is 5.58. The lowest BCUT2D eigenvalue weighted by Gasteiger charge is -2.16. The number of hydrogen-bond donors (Lipinski definition) is 2. The van der Waals surface area contributed by atoms with E-state index in [0.29, 0.717) is 30.6 Å². The van der Waals surface area contributed by atoms with Crippen LogP contribution in [0.4, 0.5) is 15.9 Å². The molecular formula is C21H22FN7O2. The molecule has 1 atom stereocenters. The number of nitrogens with one attached hydrogen (secondary N) is 2. The molecule has 1 unspecified atom stereocenters. The molecule has 1 saturated heterocycles. The highest BCUT2D eigenvalue weighted by Gasteiger charge is 2.34. The quantitative estimate of drug-likeness (QED) is 0.628. The Labute approximate surface area is 177 Å². The molecule has 5 rings (SSSR count). The fourth-order valence-electron chi connectivity index (χ4n) is 3.77. The third kappa shape index (κ3) is 3.98. The van der Waals surface area contributed by atoms with Crippen LogP contribution < -0.4 is 15.5 Å². The smallest absolute Gasteiger partial charge is 0.275 e. The number of carbonyl (C=O) groups is 2. The van der Waals surface area contributed by atoms with Crippen molar-refractivity contribution in [2.24, 2.45) is 5.92 Å². The van der Waals surface area contributed by atoms with Crippen molar-refractivity contribution >= 4 is 29.0 Å². The Morgan fingerprint density at radius 3 is 2.81 bits per heavy atom. The second kappa shape index (κ2) is 7.69. The van der Waals surface area contributed by atoms with Gasteiger partial charge in [0.15, 0.2) is 17.3 Å². The summed E-state index contributed by atoms with van der Waals surface area (Å²) in [5.41, 5.74) is 1.22. The van der Waals surface area contributed by atoms with E-state index in [1.54, 1.807) is 24.2 Å². The zero-order valence-electron chi connectivity index (χ0n) is 17.0. The summed E-state index contributed by atoms with van der Waals surface area (Å²) in [5, 5.41) is 6.02. The van der Waals surface area contributed by atoms with E-state index in [2.05, 4.69) is 25.6 Å². The summed E-state index contributed by atoms with van der Waals surface area (Å²) in [7, 11) is 0. The zero-order valence-corrected chi connectivity index (χ0v) is 17.0. The van der Waals surface area contributed by atoms with Gasteiger partial charge in [-0.2, -0.15) is 0 Å². The van der Waals surface area contributed by atoms with Gasteiger partial charge in [-0.15, -0.1) is 0 Å².